The van der Waals surface area contributed by atoms with Gasteiger partial charge in [-0.2, -0.15) is 0 Å². The number of aromatic carboxylic acids is 2. The molecule has 1 amide bonds. The molecule has 3 aromatic rings. The Morgan fingerprint density at radius 3 is 2.33 bits per heavy atom. The largest absolute Gasteiger partial charge is 0.478 e. The summed E-state index contributed by atoms with van der Waals surface area (Å²) in [5, 5.41) is 32.2. The van der Waals surface area contributed by atoms with Gasteiger partial charge in [0.15, 0.2) is 5.75 Å². The van der Waals surface area contributed by atoms with Crippen LogP contribution in [0.15, 0.2) is 60.7 Å². The first-order chi connectivity index (χ1) is 15.7. The number of nitro groups is 1. The topological polar surface area (TPSA) is 156 Å². The van der Waals surface area contributed by atoms with Gasteiger partial charge >= 0.3 is 11.9 Å². The van der Waals surface area contributed by atoms with E-state index in [1.807, 2.05) is 0 Å². The molecule has 0 unspecified atom stereocenters. The van der Waals surface area contributed by atoms with Crippen molar-refractivity contribution in [1.29, 1.82) is 0 Å². The quantitative estimate of drug-likeness (QED) is 0.318. The fraction of sp³-hybridized carbons (Fsp3) is 0.0455. The average molecular weight is 471 g/mol. The van der Waals surface area contributed by atoms with Crippen LogP contribution in [0.2, 0.25) is 5.02 Å². The Balaban J connectivity index is 1.82. The molecule has 0 saturated carbocycles. The molecule has 33 heavy (non-hydrogen) atoms. The summed E-state index contributed by atoms with van der Waals surface area (Å²) in [6.45, 7) is 0. The Kier molecular flexibility index (Phi) is 6.89. The van der Waals surface area contributed by atoms with Crippen LogP contribution in [0.5, 0.6) is 11.5 Å². The van der Waals surface area contributed by atoms with Crippen LogP contribution in [-0.4, -0.2) is 33.0 Å². The highest BCUT2D eigenvalue weighted by Crippen LogP contribution is 2.31. The molecule has 0 fully saturated rings. The number of non-ortho nitro benzene ring substituents is 1. The fourth-order valence-electron chi connectivity index (χ4n) is 2.91. The predicted octanol–water partition coefficient (Wildman–Crippen LogP) is 4.62. The van der Waals surface area contributed by atoms with E-state index in [1.54, 1.807) is 12.1 Å². The number of benzene rings is 3. The van der Waals surface area contributed by atoms with Crippen LogP contribution in [0.25, 0.3) is 0 Å². The van der Waals surface area contributed by atoms with Crippen LogP contribution >= 0.6 is 11.6 Å². The van der Waals surface area contributed by atoms with Gasteiger partial charge in [0, 0.05) is 17.2 Å². The first-order valence-corrected chi connectivity index (χ1v) is 9.63. The number of anilines is 1. The number of para-hydroxylation sites is 2. The van der Waals surface area contributed by atoms with Gasteiger partial charge in [0.2, 0.25) is 5.91 Å². The molecule has 0 saturated heterocycles. The second-order valence-electron chi connectivity index (χ2n) is 6.67. The van der Waals surface area contributed by atoms with Crippen molar-refractivity contribution >= 4 is 40.8 Å². The summed E-state index contributed by atoms with van der Waals surface area (Å²) in [4.78, 5) is 45.5. The molecule has 168 valence electrons. The minimum absolute atomic E-state index is 0.0424. The van der Waals surface area contributed by atoms with Gasteiger partial charge in [0.05, 0.1) is 28.2 Å². The van der Waals surface area contributed by atoms with Gasteiger partial charge in [0.25, 0.3) is 5.69 Å². The SMILES string of the molecule is O=C(Cc1cc([N+](=O)[O-])ccc1Cl)Nc1ccccc1Oc1ccc(C(=O)O)c(C(=O)O)c1. The molecule has 0 bridgehead atoms. The van der Waals surface area contributed by atoms with Crippen molar-refractivity contribution in [3.05, 3.63) is 92.5 Å². The molecule has 0 heterocycles. The minimum atomic E-state index is -1.44. The number of carbonyl (C=O) groups is 3. The maximum absolute atomic E-state index is 12.5. The van der Waals surface area contributed by atoms with Crippen molar-refractivity contribution in [2.75, 3.05) is 5.32 Å². The predicted molar refractivity (Wildman–Crippen MR) is 117 cm³/mol. The molecule has 0 spiro atoms. The maximum atomic E-state index is 12.5. The highest BCUT2D eigenvalue weighted by atomic mass is 35.5. The zero-order chi connectivity index (χ0) is 24.1. The lowest BCUT2D eigenvalue weighted by molar-refractivity contribution is -0.384. The maximum Gasteiger partial charge on any atom is 0.336 e. The lowest BCUT2D eigenvalue weighted by Crippen LogP contribution is -2.15. The highest BCUT2D eigenvalue weighted by molar-refractivity contribution is 6.31. The van der Waals surface area contributed by atoms with E-state index in [2.05, 4.69) is 5.32 Å². The van der Waals surface area contributed by atoms with Gasteiger partial charge in [-0.25, -0.2) is 9.59 Å². The first-order valence-electron chi connectivity index (χ1n) is 9.26. The summed E-state index contributed by atoms with van der Waals surface area (Å²) < 4.78 is 5.67. The van der Waals surface area contributed by atoms with E-state index < -0.39 is 33.9 Å². The Hall–Kier alpha value is -4.44. The Morgan fingerprint density at radius 1 is 0.970 bits per heavy atom. The van der Waals surface area contributed by atoms with E-state index >= 15 is 0 Å². The number of nitrogens with zero attached hydrogens (tertiary/aromatic N) is 1. The number of carboxylic acid groups (broad SMARTS) is 2. The number of halogens is 1. The number of hydrogen-bond donors (Lipinski definition) is 3. The van der Waals surface area contributed by atoms with Crippen molar-refractivity contribution < 1.29 is 34.3 Å². The number of amides is 1. The average Bonchev–Trinajstić information content (AvgIpc) is 2.76. The molecule has 10 nitrogen and oxygen atoms in total. The summed E-state index contributed by atoms with van der Waals surface area (Å²) in [5.41, 5.74) is -0.558. The van der Waals surface area contributed by atoms with Crippen LogP contribution in [0.3, 0.4) is 0 Å². The third-order valence-corrected chi connectivity index (χ3v) is 4.80. The second kappa shape index (κ2) is 9.79. The van der Waals surface area contributed by atoms with Gasteiger partial charge < -0.3 is 20.3 Å². The molecular weight excluding hydrogens is 456 g/mol. The number of carboxylic acids is 2. The zero-order valence-corrected chi connectivity index (χ0v) is 17.4. The molecule has 3 N–H and O–H groups in total. The number of nitro benzene ring substituents is 1. The molecule has 0 aliphatic heterocycles. The number of hydrogen-bond acceptors (Lipinski definition) is 6. The molecule has 0 atom stereocenters. The first kappa shape index (κ1) is 23.2. The van der Waals surface area contributed by atoms with E-state index in [1.165, 1.54) is 36.4 Å². The molecular formula is C22H15ClN2O8. The normalized spacial score (nSPS) is 10.3. The summed E-state index contributed by atoms with van der Waals surface area (Å²) in [6.07, 6.45) is -0.245. The van der Waals surface area contributed by atoms with Crippen LogP contribution in [0.1, 0.15) is 26.3 Å². The summed E-state index contributed by atoms with van der Waals surface area (Å²) >= 11 is 6.04. The van der Waals surface area contributed by atoms with E-state index in [4.69, 9.17) is 21.4 Å². The fourth-order valence-corrected chi connectivity index (χ4v) is 3.10. The monoisotopic (exact) mass is 470 g/mol. The van der Waals surface area contributed by atoms with Crippen LogP contribution in [-0.2, 0) is 11.2 Å². The lowest BCUT2D eigenvalue weighted by Gasteiger charge is -2.13. The number of carbonyl (C=O) groups excluding carboxylic acids is 1. The summed E-state index contributed by atoms with van der Waals surface area (Å²) in [5.74, 6) is -3.16. The van der Waals surface area contributed by atoms with E-state index in [-0.39, 0.29) is 39.9 Å². The standard InChI is InChI=1S/C22H15ClN2O8/c23-17-8-5-13(25(31)32)9-12(17)10-20(26)24-18-3-1-2-4-19(18)33-14-6-7-15(21(27)28)16(11-14)22(29)30/h1-9,11H,10H2,(H,24,26)(H,27,28)(H,29,30). The minimum Gasteiger partial charge on any atom is -0.478 e. The smallest absolute Gasteiger partial charge is 0.336 e. The Bertz CT molecular complexity index is 1280. The van der Waals surface area contributed by atoms with Gasteiger partial charge in [-0.05, 0) is 42.0 Å². The molecule has 0 aliphatic rings. The van der Waals surface area contributed by atoms with Gasteiger partial charge in [-0.15, -0.1) is 0 Å². The van der Waals surface area contributed by atoms with Gasteiger partial charge in [-0.1, -0.05) is 23.7 Å². The van der Waals surface area contributed by atoms with E-state index in [0.717, 1.165) is 12.1 Å². The number of nitrogens with one attached hydrogen (secondary N) is 1. The molecule has 3 rings (SSSR count). The highest BCUT2D eigenvalue weighted by Gasteiger charge is 2.18. The number of ether oxygens (including phenoxy) is 1. The molecule has 0 aromatic heterocycles. The third-order valence-electron chi connectivity index (χ3n) is 4.43. The summed E-state index contributed by atoms with van der Waals surface area (Å²) in [6, 6.07) is 13.5. The van der Waals surface area contributed by atoms with Crippen molar-refractivity contribution in [3.8, 4) is 11.5 Å². The second-order valence-corrected chi connectivity index (χ2v) is 7.08. The van der Waals surface area contributed by atoms with Gasteiger partial charge in [0.1, 0.15) is 5.75 Å². The third kappa shape index (κ3) is 5.63. The molecule has 0 aliphatic carbocycles. The number of rotatable bonds is 8. The molecule has 3 aromatic carbocycles. The van der Waals surface area contributed by atoms with Crippen molar-refractivity contribution in [1.82, 2.24) is 0 Å². The van der Waals surface area contributed by atoms with Crippen LogP contribution in [0, 0.1) is 10.1 Å². The Labute approximate surface area is 191 Å². The zero-order valence-electron chi connectivity index (χ0n) is 16.6. The Morgan fingerprint density at radius 2 is 1.67 bits per heavy atom. The van der Waals surface area contributed by atoms with Crippen LogP contribution < -0.4 is 10.1 Å². The van der Waals surface area contributed by atoms with Gasteiger partial charge in [-0.3, -0.25) is 14.9 Å². The summed E-state index contributed by atoms with van der Waals surface area (Å²) in [7, 11) is 0. The molecule has 0 radical (unpaired) electrons. The lowest BCUT2D eigenvalue weighted by atomic mass is 10.1. The van der Waals surface area contributed by atoms with E-state index in [0.29, 0.717) is 0 Å². The van der Waals surface area contributed by atoms with Crippen molar-refractivity contribution in [2.45, 2.75) is 6.42 Å². The van der Waals surface area contributed by atoms with Crippen LogP contribution in [0.4, 0.5) is 11.4 Å². The van der Waals surface area contributed by atoms with Crippen molar-refractivity contribution in [2.24, 2.45) is 0 Å². The van der Waals surface area contributed by atoms with E-state index in [9.17, 15) is 29.6 Å². The molecule has 11 heteroatoms. The van der Waals surface area contributed by atoms with Crippen molar-refractivity contribution in [3.63, 3.8) is 0 Å².